The number of sulfonamides is 1. The Hall–Kier alpha value is -0.960. The topological polar surface area (TPSA) is 95.5 Å². The summed E-state index contributed by atoms with van der Waals surface area (Å²) in [7, 11) is -3.51. The predicted octanol–water partition coefficient (Wildman–Crippen LogP) is 0.551. The quantitative estimate of drug-likeness (QED) is 0.652. The number of aliphatic hydroxyl groups excluding tert-OH is 1. The van der Waals surface area contributed by atoms with Crippen LogP contribution in [0.2, 0.25) is 0 Å². The van der Waals surface area contributed by atoms with Gasteiger partial charge in [-0.25, -0.2) is 13.1 Å². The normalized spacial score (nSPS) is 12.3. The van der Waals surface area contributed by atoms with Crippen LogP contribution in [0.5, 0.6) is 0 Å². The molecule has 0 aromatic carbocycles. The predicted molar refractivity (Wildman–Crippen MR) is 78.0 cm³/mol. The number of rotatable bonds is 8. The maximum Gasteiger partial charge on any atom is 0.250 e. The minimum atomic E-state index is -3.51. The summed E-state index contributed by atoms with van der Waals surface area (Å²) in [6, 6.07) is 3.17. The monoisotopic (exact) mass is 320 g/mol. The van der Waals surface area contributed by atoms with Gasteiger partial charge in [-0.15, -0.1) is 11.3 Å². The first kappa shape index (κ1) is 17.1. The first-order chi connectivity index (χ1) is 9.27. The van der Waals surface area contributed by atoms with Crippen molar-refractivity contribution in [3.63, 3.8) is 0 Å². The zero-order valence-electron chi connectivity index (χ0n) is 11.5. The third-order valence-corrected chi connectivity index (χ3v) is 5.45. The summed E-state index contributed by atoms with van der Waals surface area (Å²) in [6.07, 6.45) is 0.0616. The average molecular weight is 320 g/mol. The SMILES string of the molecule is CC(C)(CO)CNC(=O)CCNS(=O)(=O)c1cccs1. The van der Waals surface area contributed by atoms with Gasteiger partial charge in [0.1, 0.15) is 4.21 Å². The molecule has 0 aliphatic heterocycles. The summed E-state index contributed by atoms with van der Waals surface area (Å²) >= 11 is 1.13. The highest BCUT2D eigenvalue weighted by molar-refractivity contribution is 7.91. The van der Waals surface area contributed by atoms with Crippen LogP contribution in [0, 0.1) is 5.41 Å². The Kier molecular flexibility index (Phi) is 6.12. The lowest BCUT2D eigenvalue weighted by molar-refractivity contribution is -0.121. The summed E-state index contributed by atoms with van der Waals surface area (Å²) in [4.78, 5) is 11.6. The van der Waals surface area contributed by atoms with Gasteiger partial charge in [-0.3, -0.25) is 4.79 Å². The summed E-state index contributed by atoms with van der Waals surface area (Å²) in [6.45, 7) is 4.02. The minimum absolute atomic E-state index is 0.0295. The molecular weight excluding hydrogens is 300 g/mol. The van der Waals surface area contributed by atoms with E-state index in [1.165, 1.54) is 6.07 Å². The molecule has 114 valence electrons. The third kappa shape index (κ3) is 5.58. The molecule has 0 aliphatic carbocycles. The van der Waals surface area contributed by atoms with Crippen molar-refractivity contribution in [2.75, 3.05) is 19.7 Å². The summed E-state index contributed by atoms with van der Waals surface area (Å²) < 4.78 is 26.2. The van der Waals surface area contributed by atoms with E-state index in [-0.39, 0.29) is 35.1 Å². The number of nitrogens with one attached hydrogen (secondary N) is 2. The van der Waals surface area contributed by atoms with Crippen LogP contribution in [-0.4, -0.2) is 39.1 Å². The lowest BCUT2D eigenvalue weighted by Crippen LogP contribution is -2.37. The molecule has 20 heavy (non-hydrogen) atoms. The van der Waals surface area contributed by atoms with E-state index in [1.54, 1.807) is 11.4 Å². The Labute approximate surface area is 123 Å². The number of aliphatic hydroxyl groups is 1. The van der Waals surface area contributed by atoms with Crippen molar-refractivity contribution >= 4 is 27.3 Å². The molecule has 0 spiro atoms. The molecule has 1 amide bonds. The number of carbonyl (C=O) groups is 1. The van der Waals surface area contributed by atoms with Crippen molar-refractivity contribution < 1.29 is 18.3 Å². The molecule has 0 fully saturated rings. The highest BCUT2D eigenvalue weighted by atomic mass is 32.2. The molecule has 0 unspecified atom stereocenters. The van der Waals surface area contributed by atoms with Gasteiger partial charge in [0.25, 0.3) is 0 Å². The number of hydrogen-bond acceptors (Lipinski definition) is 5. The molecule has 0 bridgehead atoms. The highest BCUT2D eigenvalue weighted by Gasteiger charge is 2.18. The number of amides is 1. The fraction of sp³-hybridized carbons (Fsp3) is 0.583. The first-order valence-corrected chi connectivity index (χ1v) is 8.54. The second-order valence-corrected chi connectivity index (χ2v) is 8.12. The molecule has 1 rings (SSSR count). The van der Waals surface area contributed by atoms with Crippen LogP contribution in [0.15, 0.2) is 21.7 Å². The zero-order valence-corrected chi connectivity index (χ0v) is 13.2. The van der Waals surface area contributed by atoms with Crippen molar-refractivity contribution in [1.82, 2.24) is 10.0 Å². The van der Waals surface area contributed by atoms with E-state index >= 15 is 0 Å². The van der Waals surface area contributed by atoms with E-state index in [2.05, 4.69) is 10.0 Å². The van der Waals surface area contributed by atoms with Gasteiger partial charge in [-0.05, 0) is 11.4 Å². The van der Waals surface area contributed by atoms with Crippen LogP contribution in [0.4, 0.5) is 0 Å². The fourth-order valence-corrected chi connectivity index (χ4v) is 3.34. The van der Waals surface area contributed by atoms with Crippen molar-refractivity contribution in [2.24, 2.45) is 5.41 Å². The molecule has 1 heterocycles. The molecule has 0 saturated heterocycles. The first-order valence-electron chi connectivity index (χ1n) is 6.17. The van der Waals surface area contributed by atoms with Gasteiger partial charge in [0, 0.05) is 31.5 Å². The molecule has 0 aliphatic rings. The summed E-state index contributed by atoms with van der Waals surface area (Å²) in [5.74, 6) is -0.250. The summed E-state index contributed by atoms with van der Waals surface area (Å²) in [5, 5.41) is 13.4. The van der Waals surface area contributed by atoms with Crippen LogP contribution in [0.25, 0.3) is 0 Å². The largest absolute Gasteiger partial charge is 0.396 e. The Morgan fingerprint density at radius 2 is 2.15 bits per heavy atom. The van der Waals surface area contributed by atoms with E-state index in [9.17, 15) is 13.2 Å². The highest BCUT2D eigenvalue weighted by Crippen LogP contribution is 2.15. The van der Waals surface area contributed by atoms with Crippen molar-refractivity contribution in [2.45, 2.75) is 24.5 Å². The Bertz CT molecular complexity index is 524. The van der Waals surface area contributed by atoms with Gasteiger partial charge in [-0.2, -0.15) is 0 Å². The average Bonchev–Trinajstić information content (AvgIpc) is 2.91. The zero-order chi connectivity index (χ0) is 15.2. The molecular formula is C12H20N2O4S2. The van der Waals surface area contributed by atoms with E-state index in [1.807, 2.05) is 13.8 Å². The maximum absolute atomic E-state index is 11.8. The van der Waals surface area contributed by atoms with Gasteiger partial charge in [0.05, 0.1) is 0 Å². The molecule has 1 aromatic heterocycles. The Balaban J connectivity index is 2.33. The van der Waals surface area contributed by atoms with Crippen molar-refractivity contribution in [1.29, 1.82) is 0 Å². The van der Waals surface area contributed by atoms with E-state index in [0.717, 1.165) is 11.3 Å². The van der Waals surface area contributed by atoms with Crippen LogP contribution in [0.1, 0.15) is 20.3 Å². The third-order valence-electron chi connectivity index (χ3n) is 2.60. The van der Waals surface area contributed by atoms with Crippen LogP contribution in [-0.2, 0) is 14.8 Å². The van der Waals surface area contributed by atoms with Crippen molar-refractivity contribution in [3.8, 4) is 0 Å². The molecule has 1 aromatic rings. The molecule has 0 radical (unpaired) electrons. The van der Waals surface area contributed by atoms with Gasteiger partial charge in [0.2, 0.25) is 15.9 Å². The molecule has 0 atom stereocenters. The summed E-state index contributed by atoms with van der Waals surface area (Å²) in [5.41, 5.74) is -0.383. The second kappa shape index (κ2) is 7.16. The molecule has 0 saturated carbocycles. The van der Waals surface area contributed by atoms with Crippen LogP contribution < -0.4 is 10.0 Å². The maximum atomic E-state index is 11.8. The Morgan fingerprint density at radius 1 is 1.45 bits per heavy atom. The van der Waals surface area contributed by atoms with E-state index in [0.29, 0.717) is 6.54 Å². The van der Waals surface area contributed by atoms with E-state index < -0.39 is 10.0 Å². The standard InChI is InChI=1S/C12H20N2O4S2/c1-12(2,9-15)8-13-10(16)5-6-14-20(17,18)11-4-3-7-19-11/h3-4,7,14-15H,5-6,8-9H2,1-2H3,(H,13,16). The number of hydrogen-bond donors (Lipinski definition) is 3. The lowest BCUT2D eigenvalue weighted by Gasteiger charge is -2.21. The smallest absolute Gasteiger partial charge is 0.250 e. The number of carbonyl (C=O) groups excluding carboxylic acids is 1. The van der Waals surface area contributed by atoms with Gasteiger partial charge < -0.3 is 10.4 Å². The molecule has 6 nitrogen and oxygen atoms in total. The fourth-order valence-electron chi connectivity index (χ4n) is 1.27. The van der Waals surface area contributed by atoms with Crippen molar-refractivity contribution in [3.05, 3.63) is 17.5 Å². The second-order valence-electron chi connectivity index (χ2n) is 5.18. The molecule has 3 N–H and O–H groups in total. The van der Waals surface area contributed by atoms with Gasteiger partial charge in [-0.1, -0.05) is 19.9 Å². The Morgan fingerprint density at radius 3 is 2.70 bits per heavy atom. The van der Waals surface area contributed by atoms with Crippen LogP contribution >= 0.6 is 11.3 Å². The van der Waals surface area contributed by atoms with Crippen LogP contribution in [0.3, 0.4) is 0 Å². The lowest BCUT2D eigenvalue weighted by atomic mass is 9.95. The van der Waals surface area contributed by atoms with Gasteiger partial charge >= 0.3 is 0 Å². The minimum Gasteiger partial charge on any atom is -0.396 e. The molecule has 8 heteroatoms. The van der Waals surface area contributed by atoms with E-state index in [4.69, 9.17) is 5.11 Å². The van der Waals surface area contributed by atoms with Gasteiger partial charge in [0.15, 0.2) is 0 Å². The number of thiophene rings is 1.